The van der Waals surface area contributed by atoms with Crippen LogP contribution in [0.1, 0.15) is 11.1 Å². The molecule has 0 unspecified atom stereocenters. The van der Waals surface area contributed by atoms with Crippen LogP contribution in [0, 0.1) is 13.8 Å². The van der Waals surface area contributed by atoms with Gasteiger partial charge in [-0.1, -0.05) is 30.3 Å². The molecule has 1 amide bonds. The van der Waals surface area contributed by atoms with Gasteiger partial charge < -0.3 is 14.8 Å². The molecule has 3 heterocycles. The SMILES string of the molecule is Cc1ccc(C)c(N2CCN(C(=O)Cn3cnc4c([nH]c5ccccc54)c3=O)CC2)c1. The molecular weight excluding hydrogens is 390 g/mol. The Morgan fingerprint density at radius 1 is 1.06 bits per heavy atom. The highest BCUT2D eigenvalue weighted by atomic mass is 16.2. The van der Waals surface area contributed by atoms with Gasteiger partial charge in [-0.3, -0.25) is 14.2 Å². The van der Waals surface area contributed by atoms with Crippen LogP contribution in [0.2, 0.25) is 0 Å². The Bertz CT molecular complexity index is 1350. The number of benzene rings is 2. The van der Waals surface area contributed by atoms with Crippen molar-refractivity contribution in [3.05, 3.63) is 70.3 Å². The minimum absolute atomic E-state index is 0.000607. The summed E-state index contributed by atoms with van der Waals surface area (Å²) in [5.41, 5.74) is 5.45. The summed E-state index contributed by atoms with van der Waals surface area (Å²) in [7, 11) is 0. The number of amides is 1. The molecule has 0 aliphatic carbocycles. The number of hydrogen-bond donors (Lipinski definition) is 1. The van der Waals surface area contributed by atoms with Crippen LogP contribution in [-0.4, -0.2) is 51.5 Å². The molecule has 0 atom stereocenters. The van der Waals surface area contributed by atoms with E-state index in [1.807, 2.05) is 29.2 Å². The maximum atomic E-state index is 12.9. The molecule has 1 fully saturated rings. The smallest absolute Gasteiger partial charge is 0.278 e. The van der Waals surface area contributed by atoms with Crippen LogP contribution < -0.4 is 10.5 Å². The molecule has 2 aromatic heterocycles. The van der Waals surface area contributed by atoms with Crippen LogP contribution in [0.15, 0.2) is 53.6 Å². The van der Waals surface area contributed by atoms with E-state index < -0.39 is 0 Å². The van der Waals surface area contributed by atoms with Crippen LogP contribution in [0.3, 0.4) is 0 Å². The summed E-state index contributed by atoms with van der Waals surface area (Å²) in [5.74, 6) is -0.0556. The van der Waals surface area contributed by atoms with Crippen molar-refractivity contribution in [1.29, 1.82) is 0 Å². The lowest BCUT2D eigenvalue weighted by molar-refractivity contribution is -0.132. The Kier molecular flexibility index (Phi) is 4.73. The summed E-state index contributed by atoms with van der Waals surface area (Å²) >= 11 is 0. The summed E-state index contributed by atoms with van der Waals surface area (Å²) < 4.78 is 1.40. The zero-order valence-electron chi connectivity index (χ0n) is 17.8. The Morgan fingerprint density at radius 2 is 1.84 bits per heavy atom. The van der Waals surface area contributed by atoms with Crippen molar-refractivity contribution in [1.82, 2.24) is 19.4 Å². The number of anilines is 1. The lowest BCUT2D eigenvalue weighted by atomic mass is 10.1. The molecular formula is C24H25N5O2. The molecule has 2 aromatic carbocycles. The highest BCUT2D eigenvalue weighted by Crippen LogP contribution is 2.23. The van der Waals surface area contributed by atoms with Gasteiger partial charge in [0.05, 0.1) is 6.33 Å². The van der Waals surface area contributed by atoms with Crippen LogP contribution in [0.4, 0.5) is 5.69 Å². The highest BCUT2D eigenvalue weighted by molar-refractivity contribution is 6.04. The average Bonchev–Trinajstić information content (AvgIpc) is 3.17. The second-order valence-electron chi connectivity index (χ2n) is 8.23. The Hall–Kier alpha value is -3.61. The molecule has 158 valence electrons. The third kappa shape index (κ3) is 3.46. The van der Waals surface area contributed by atoms with E-state index in [9.17, 15) is 9.59 Å². The summed E-state index contributed by atoms with van der Waals surface area (Å²) in [4.78, 5) is 37.6. The highest BCUT2D eigenvalue weighted by Gasteiger charge is 2.23. The van der Waals surface area contributed by atoms with Gasteiger partial charge >= 0.3 is 0 Å². The number of aromatic nitrogens is 3. The first kappa shape index (κ1) is 19.4. The summed E-state index contributed by atoms with van der Waals surface area (Å²) in [6.45, 7) is 7.06. The van der Waals surface area contributed by atoms with Crippen molar-refractivity contribution in [2.24, 2.45) is 0 Å². The first-order valence-corrected chi connectivity index (χ1v) is 10.6. The topological polar surface area (TPSA) is 74.2 Å². The molecule has 0 spiro atoms. The number of carbonyl (C=O) groups is 1. The van der Waals surface area contributed by atoms with E-state index in [-0.39, 0.29) is 18.0 Å². The minimum atomic E-state index is -0.219. The number of aromatic amines is 1. The molecule has 31 heavy (non-hydrogen) atoms. The number of carbonyl (C=O) groups excluding carboxylic acids is 1. The minimum Gasteiger partial charge on any atom is -0.368 e. The Labute approximate surface area is 179 Å². The van der Waals surface area contributed by atoms with E-state index in [0.29, 0.717) is 24.1 Å². The second-order valence-corrected chi connectivity index (χ2v) is 8.23. The molecule has 1 saturated heterocycles. The third-order valence-corrected chi connectivity index (χ3v) is 6.12. The van der Waals surface area contributed by atoms with Crippen molar-refractivity contribution >= 4 is 33.5 Å². The molecule has 1 aliphatic rings. The van der Waals surface area contributed by atoms with E-state index in [4.69, 9.17) is 0 Å². The zero-order chi connectivity index (χ0) is 21.5. The fourth-order valence-corrected chi connectivity index (χ4v) is 4.35. The van der Waals surface area contributed by atoms with Crippen LogP contribution >= 0.6 is 0 Å². The second kappa shape index (κ2) is 7.58. The first-order chi connectivity index (χ1) is 15.0. The van der Waals surface area contributed by atoms with E-state index in [0.717, 1.165) is 24.0 Å². The van der Waals surface area contributed by atoms with Gasteiger partial charge in [-0.2, -0.15) is 0 Å². The number of nitrogens with zero attached hydrogens (tertiary/aromatic N) is 4. The molecule has 0 saturated carbocycles. The van der Waals surface area contributed by atoms with Gasteiger partial charge in [0.15, 0.2) is 0 Å². The van der Waals surface area contributed by atoms with Gasteiger partial charge in [-0.05, 0) is 37.1 Å². The van der Waals surface area contributed by atoms with Crippen molar-refractivity contribution in [3.63, 3.8) is 0 Å². The number of fused-ring (bicyclic) bond motifs is 3. The number of rotatable bonds is 3. The van der Waals surface area contributed by atoms with Crippen LogP contribution in [0.5, 0.6) is 0 Å². The molecule has 0 radical (unpaired) electrons. The maximum absolute atomic E-state index is 12.9. The van der Waals surface area contributed by atoms with Crippen LogP contribution in [-0.2, 0) is 11.3 Å². The molecule has 0 bridgehead atoms. The number of H-pyrrole nitrogens is 1. The normalized spacial score (nSPS) is 14.5. The van der Waals surface area contributed by atoms with Crippen molar-refractivity contribution in [2.75, 3.05) is 31.1 Å². The fourth-order valence-electron chi connectivity index (χ4n) is 4.35. The van der Waals surface area contributed by atoms with Gasteiger partial charge in [-0.15, -0.1) is 0 Å². The predicted octanol–water partition coefficient (Wildman–Crippen LogP) is 2.84. The largest absolute Gasteiger partial charge is 0.368 e. The van der Waals surface area contributed by atoms with Gasteiger partial charge in [0.25, 0.3) is 5.56 Å². The molecule has 1 N–H and O–H groups in total. The predicted molar refractivity (Wildman–Crippen MR) is 123 cm³/mol. The molecule has 7 heteroatoms. The van der Waals surface area contributed by atoms with Crippen molar-refractivity contribution in [2.45, 2.75) is 20.4 Å². The van der Waals surface area contributed by atoms with E-state index in [1.54, 1.807) is 0 Å². The number of hydrogen-bond acceptors (Lipinski definition) is 4. The number of piperazine rings is 1. The number of nitrogens with one attached hydrogen (secondary N) is 1. The standard InChI is InChI=1S/C24H25N5O2/c1-16-7-8-17(2)20(13-16)27-9-11-28(12-10-27)21(30)14-29-15-25-22-18-5-3-4-6-19(18)26-23(22)24(29)31/h3-8,13,15,26H,9-12,14H2,1-2H3. The lowest BCUT2D eigenvalue weighted by Crippen LogP contribution is -2.50. The number of aryl methyl sites for hydroxylation is 2. The van der Waals surface area contributed by atoms with E-state index in [2.05, 4.69) is 46.9 Å². The van der Waals surface area contributed by atoms with Crippen LogP contribution in [0.25, 0.3) is 21.9 Å². The van der Waals surface area contributed by atoms with Gasteiger partial charge in [0.1, 0.15) is 17.6 Å². The Balaban J connectivity index is 1.31. The third-order valence-electron chi connectivity index (χ3n) is 6.12. The van der Waals surface area contributed by atoms with Crippen molar-refractivity contribution in [3.8, 4) is 0 Å². The summed E-state index contributed by atoms with van der Waals surface area (Å²) in [6.07, 6.45) is 1.48. The Morgan fingerprint density at radius 3 is 2.65 bits per heavy atom. The lowest BCUT2D eigenvalue weighted by Gasteiger charge is -2.37. The summed E-state index contributed by atoms with van der Waals surface area (Å²) in [5, 5.41) is 0.913. The quantitative estimate of drug-likeness (QED) is 0.558. The fraction of sp³-hybridized carbons (Fsp3) is 0.292. The number of para-hydroxylation sites is 1. The average molecular weight is 415 g/mol. The molecule has 7 nitrogen and oxygen atoms in total. The summed E-state index contributed by atoms with van der Waals surface area (Å²) in [6, 6.07) is 14.2. The van der Waals surface area contributed by atoms with Gasteiger partial charge in [-0.25, -0.2) is 4.98 Å². The van der Waals surface area contributed by atoms with Gasteiger partial charge in [0.2, 0.25) is 5.91 Å². The first-order valence-electron chi connectivity index (χ1n) is 10.6. The van der Waals surface area contributed by atoms with E-state index >= 15 is 0 Å². The maximum Gasteiger partial charge on any atom is 0.278 e. The monoisotopic (exact) mass is 415 g/mol. The van der Waals surface area contributed by atoms with E-state index in [1.165, 1.54) is 27.7 Å². The molecule has 4 aromatic rings. The molecule has 1 aliphatic heterocycles. The van der Waals surface area contributed by atoms with Gasteiger partial charge in [0, 0.05) is 42.8 Å². The van der Waals surface area contributed by atoms with Crippen molar-refractivity contribution < 1.29 is 4.79 Å². The zero-order valence-corrected chi connectivity index (χ0v) is 17.8. The molecule has 5 rings (SSSR count).